The van der Waals surface area contributed by atoms with E-state index in [2.05, 4.69) is 26.1 Å². The molecule has 0 unspecified atom stereocenters. The fourth-order valence-electron chi connectivity index (χ4n) is 2.15. The summed E-state index contributed by atoms with van der Waals surface area (Å²) in [5.41, 5.74) is 1.05. The van der Waals surface area contributed by atoms with Gasteiger partial charge < -0.3 is 14.6 Å². The third-order valence-corrected chi connectivity index (χ3v) is 3.24. The minimum absolute atomic E-state index is 0.0486. The highest BCUT2D eigenvalue weighted by molar-refractivity contribution is 5.84. The van der Waals surface area contributed by atoms with Crippen molar-refractivity contribution in [2.45, 2.75) is 33.7 Å². The highest BCUT2D eigenvalue weighted by Gasteiger charge is 2.07. The Bertz CT molecular complexity index is 602. The standard InChI is InChI=1S/C17H24N2O2/c1-4-9-21-15-5-6-16-14(10-15)7-8-19(16)12-17(20)18-11-13(2)3/h5-8,10,13H,4,9,11-12H2,1-3H3,(H,18,20). The van der Waals surface area contributed by atoms with Crippen LogP contribution in [0.2, 0.25) is 0 Å². The summed E-state index contributed by atoms with van der Waals surface area (Å²) in [5, 5.41) is 4.04. The van der Waals surface area contributed by atoms with Gasteiger partial charge in [0.1, 0.15) is 12.3 Å². The third-order valence-electron chi connectivity index (χ3n) is 3.24. The van der Waals surface area contributed by atoms with Crippen LogP contribution in [0.3, 0.4) is 0 Å². The highest BCUT2D eigenvalue weighted by Crippen LogP contribution is 2.22. The number of carbonyl (C=O) groups is 1. The van der Waals surface area contributed by atoms with E-state index in [1.807, 2.05) is 35.0 Å². The van der Waals surface area contributed by atoms with Gasteiger partial charge in [-0.2, -0.15) is 0 Å². The maximum Gasteiger partial charge on any atom is 0.239 e. The SMILES string of the molecule is CCCOc1ccc2c(ccn2CC(=O)NCC(C)C)c1. The number of amides is 1. The molecule has 0 aliphatic heterocycles. The molecule has 0 bridgehead atoms. The van der Waals surface area contributed by atoms with Crippen molar-refractivity contribution in [3.63, 3.8) is 0 Å². The summed E-state index contributed by atoms with van der Waals surface area (Å²) in [4.78, 5) is 11.9. The lowest BCUT2D eigenvalue weighted by Gasteiger charge is -2.09. The molecule has 4 nitrogen and oxygen atoms in total. The maximum atomic E-state index is 11.9. The summed E-state index contributed by atoms with van der Waals surface area (Å²) in [6, 6.07) is 8.01. The first kappa shape index (κ1) is 15.4. The maximum absolute atomic E-state index is 11.9. The quantitative estimate of drug-likeness (QED) is 0.850. The number of carbonyl (C=O) groups excluding carboxylic acids is 1. The third kappa shape index (κ3) is 4.25. The Morgan fingerprint density at radius 3 is 2.86 bits per heavy atom. The molecule has 1 aromatic heterocycles. The average Bonchev–Trinajstić information content (AvgIpc) is 2.85. The molecule has 1 N–H and O–H groups in total. The monoisotopic (exact) mass is 288 g/mol. The Morgan fingerprint density at radius 2 is 2.14 bits per heavy atom. The molecule has 0 radical (unpaired) electrons. The first-order valence-electron chi connectivity index (χ1n) is 7.58. The van der Waals surface area contributed by atoms with Crippen molar-refractivity contribution in [2.75, 3.05) is 13.2 Å². The zero-order valence-corrected chi connectivity index (χ0v) is 13.1. The van der Waals surface area contributed by atoms with Gasteiger partial charge in [-0.05, 0) is 36.6 Å². The largest absolute Gasteiger partial charge is 0.494 e. The lowest BCUT2D eigenvalue weighted by Crippen LogP contribution is -2.30. The molecule has 1 heterocycles. The van der Waals surface area contributed by atoms with Crippen LogP contribution < -0.4 is 10.1 Å². The van der Waals surface area contributed by atoms with Gasteiger partial charge in [0, 0.05) is 23.6 Å². The van der Waals surface area contributed by atoms with E-state index >= 15 is 0 Å². The first-order chi connectivity index (χ1) is 10.1. The number of rotatable bonds is 7. The molecule has 2 aromatic rings. The van der Waals surface area contributed by atoms with Crippen LogP contribution in [0.4, 0.5) is 0 Å². The van der Waals surface area contributed by atoms with Crippen LogP contribution in [0, 0.1) is 5.92 Å². The summed E-state index contributed by atoms with van der Waals surface area (Å²) in [7, 11) is 0. The van der Waals surface area contributed by atoms with Gasteiger partial charge in [-0.15, -0.1) is 0 Å². The zero-order valence-electron chi connectivity index (χ0n) is 13.1. The molecular formula is C17H24N2O2. The van der Waals surface area contributed by atoms with Gasteiger partial charge in [0.05, 0.1) is 6.61 Å². The van der Waals surface area contributed by atoms with Crippen LogP contribution in [0.15, 0.2) is 30.5 Å². The van der Waals surface area contributed by atoms with E-state index in [0.717, 1.165) is 29.7 Å². The predicted molar refractivity (Wildman–Crippen MR) is 85.6 cm³/mol. The summed E-state index contributed by atoms with van der Waals surface area (Å²) in [5.74, 6) is 1.40. The average molecular weight is 288 g/mol. The number of hydrogen-bond acceptors (Lipinski definition) is 2. The van der Waals surface area contributed by atoms with Crippen LogP contribution in [0.5, 0.6) is 5.75 Å². The molecule has 0 fully saturated rings. The molecule has 0 atom stereocenters. The number of nitrogens with one attached hydrogen (secondary N) is 1. The Morgan fingerprint density at radius 1 is 1.33 bits per heavy atom. The van der Waals surface area contributed by atoms with Crippen LogP contribution in [-0.2, 0) is 11.3 Å². The van der Waals surface area contributed by atoms with E-state index in [1.54, 1.807) is 0 Å². The topological polar surface area (TPSA) is 43.3 Å². The number of fused-ring (bicyclic) bond motifs is 1. The lowest BCUT2D eigenvalue weighted by atomic mass is 10.2. The summed E-state index contributed by atoms with van der Waals surface area (Å²) in [6.45, 7) is 8.05. The van der Waals surface area contributed by atoms with Crippen molar-refractivity contribution in [1.29, 1.82) is 0 Å². The predicted octanol–water partition coefficient (Wildman–Crippen LogP) is 3.20. The summed E-state index contributed by atoms with van der Waals surface area (Å²) >= 11 is 0. The second kappa shape index (κ2) is 7.16. The molecule has 114 valence electrons. The Kier molecular flexibility index (Phi) is 5.26. The minimum atomic E-state index is 0.0486. The smallest absolute Gasteiger partial charge is 0.239 e. The van der Waals surface area contributed by atoms with E-state index in [0.29, 0.717) is 19.0 Å². The number of nitrogens with zero attached hydrogens (tertiary/aromatic N) is 1. The van der Waals surface area contributed by atoms with Crippen molar-refractivity contribution in [3.05, 3.63) is 30.5 Å². The van der Waals surface area contributed by atoms with E-state index in [-0.39, 0.29) is 5.91 Å². The second-order valence-electron chi connectivity index (χ2n) is 5.71. The number of aromatic nitrogens is 1. The molecule has 0 aliphatic rings. The van der Waals surface area contributed by atoms with Gasteiger partial charge in [0.2, 0.25) is 5.91 Å². The summed E-state index contributed by atoms with van der Waals surface area (Å²) in [6.07, 6.45) is 2.94. The van der Waals surface area contributed by atoms with Crippen molar-refractivity contribution < 1.29 is 9.53 Å². The molecule has 0 saturated carbocycles. The number of benzene rings is 1. The van der Waals surface area contributed by atoms with Crippen molar-refractivity contribution in [1.82, 2.24) is 9.88 Å². The van der Waals surface area contributed by atoms with E-state index in [9.17, 15) is 4.79 Å². The Balaban J connectivity index is 2.06. The summed E-state index contributed by atoms with van der Waals surface area (Å²) < 4.78 is 7.60. The first-order valence-corrected chi connectivity index (χ1v) is 7.58. The molecule has 4 heteroatoms. The normalized spacial score (nSPS) is 11.0. The van der Waals surface area contributed by atoms with Gasteiger partial charge in [0.15, 0.2) is 0 Å². The van der Waals surface area contributed by atoms with Crippen LogP contribution in [0.1, 0.15) is 27.2 Å². The molecule has 1 aromatic carbocycles. The van der Waals surface area contributed by atoms with Crippen LogP contribution in [0.25, 0.3) is 10.9 Å². The molecule has 0 saturated heterocycles. The van der Waals surface area contributed by atoms with E-state index < -0.39 is 0 Å². The van der Waals surface area contributed by atoms with Gasteiger partial charge in [0.25, 0.3) is 0 Å². The fourth-order valence-corrected chi connectivity index (χ4v) is 2.15. The van der Waals surface area contributed by atoms with E-state index in [4.69, 9.17) is 4.74 Å². The molecule has 0 aliphatic carbocycles. The number of hydrogen-bond donors (Lipinski definition) is 1. The molecule has 2 rings (SSSR count). The number of ether oxygens (including phenoxy) is 1. The van der Waals surface area contributed by atoms with Crippen molar-refractivity contribution in [2.24, 2.45) is 5.92 Å². The fraction of sp³-hybridized carbons (Fsp3) is 0.471. The molecular weight excluding hydrogens is 264 g/mol. The van der Waals surface area contributed by atoms with Crippen molar-refractivity contribution in [3.8, 4) is 5.75 Å². The Labute approximate surface area is 126 Å². The van der Waals surface area contributed by atoms with Crippen molar-refractivity contribution >= 4 is 16.8 Å². The van der Waals surface area contributed by atoms with Crippen LogP contribution >= 0.6 is 0 Å². The van der Waals surface area contributed by atoms with E-state index in [1.165, 1.54) is 0 Å². The minimum Gasteiger partial charge on any atom is -0.494 e. The Hall–Kier alpha value is -1.97. The van der Waals surface area contributed by atoms with Gasteiger partial charge >= 0.3 is 0 Å². The second-order valence-corrected chi connectivity index (χ2v) is 5.71. The molecule has 21 heavy (non-hydrogen) atoms. The lowest BCUT2D eigenvalue weighted by molar-refractivity contribution is -0.121. The van der Waals surface area contributed by atoms with Gasteiger partial charge in [-0.25, -0.2) is 0 Å². The van der Waals surface area contributed by atoms with Gasteiger partial charge in [-0.1, -0.05) is 20.8 Å². The molecule has 1 amide bonds. The zero-order chi connectivity index (χ0) is 15.2. The van der Waals surface area contributed by atoms with Gasteiger partial charge in [-0.3, -0.25) is 4.79 Å². The highest BCUT2D eigenvalue weighted by atomic mass is 16.5. The van der Waals surface area contributed by atoms with Crippen LogP contribution in [-0.4, -0.2) is 23.6 Å². The molecule has 0 spiro atoms.